The van der Waals surface area contributed by atoms with Crippen molar-refractivity contribution in [3.05, 3.63) is 23.8 Å². The molecule has 0 bridgehead atoms. The molecule has 1 aromatic rings. The van der Waals surface area contributed by atoms with Gasteiger partial charge in [-0.25, -0.2) is 0 Å². The molecule has 2 unspecified atom stereocenters. The Bertz CT molecular complexity index is 419. The Morgan fingerprint density at radius 1 is 1.28 bits per heavy atom. The summed E-state index contributed by atoms with van der Waals surface area (Å²) in [4.78, 5) is 0. The monoisotopic (exact) mass is 247 g/mol. The van der Waals surface area contributed by atoms with Gasteiger partial charge < -0.3 is 14.8 Å². The second-order valence-corrected chi connectivity index (χ2v) is 5.32. The molecule has 1 aromatic carbocycles. The fourth-order valence-corrected chi connectivity index (χ4v) is 3.02. The molecular formula is C15H21NO2. The van der Waals surface area contributed by atoms with E-state index in [1.54, 1.807) is 0 Å². The molecule has 3 rings (SSSR count). The summed E-state index contributed by atoms with van der Waals surface area (Å²) in [5.41, 5.74) is 1.21. The van der Waals surface area contributed by atoms with E-state index in [2.05, 4.69) is 18.3 Å². The van der Waals surface area contributed by atoms with Crippen molar-refractivity contribution in [2.45, 2.75) is 45.2 Å². The molecule has 1 aliphatic heterocycles. The minimum atomic E-state index is 0.355. The van der Waals surface area contributed by atoms with Crippen molar-refractivity contribution < 1.29 is 9.47 Å². The third-order valence-electron chi connectivity index (χ3n) is 4.18. The normalized spacial score (nSPS) is 25.6. The predicted octanol–water partition coefficient (Wildman–Crippen LogP) is 3.08. The van der Waals surface area contributed by atoms with Crippen LogP contribution in [0.4, 0.5) is 0 Å². The minimum absolute atomic E-state index is 0.355. The molecule has 1 aliphatic carbocycles. The summed E-state index contributed by atoms with van der Waals surface area (Å²) in [6.45, 7) is 3.53. The topological polar surface area (TPSA) is 30.5 Å². The highest BCUT2D eigenvalue weighted by Crippen LogP contribution is 2.35. The number of benzene rings is 1. The third kappa shape index (κ3) is 2.32. The number of fused-ring (bicyclic) bond motifs is 1. The molecule has 0 aromatic heterocycles. The number of para-hydroxylation sites is 1. The van der Waals surface area contributed by atoms with Gasteiger partial charge in [-0.3, -0.25) is 0 Å². The van der Waals surface area contributed by atoms with Crippen LogP contribution < -0.4 is 14.8 Å². The molecule has 98 valence electrons. The van der Waals surface area contributed by atoms with Crippen LogP contribution in [0, 0.1) is 5.92 Å². The zero-order valence-electron chi connectivity index (χ0n) is 10.9. The van der Waals surface area contributed by atoms with Crippen LogP contribution in [0.3, 0.4) is 0 Å². The first kappa shape index (κ1) is 11.8. The number of hydrogen-bond acceptors (Lipinski definition) is 3. The largest absolute Gasteiger partial charge is 0.454 e. The molecule has 1 fully saturated rings. The molecule has 0 saturated heterocycles. The van der Waals surface area contributed by atoms with Crippen molar-refractivity contribution >= 4 is 0 Å². The summed E-state index contributed by atoms with van der Waals surface area (Å²) in [7, 11) is 0. The number of hydrogen-bond donors (Lipinski definition) is 1. The molecule has 3 heteroatoms. The van der Waals surface area contributed by atoms with E-state index < -0.39 is 0 Å². The summed E-state index contributed by atoms with van der Waals surface area (Å²) in [6, 6.07) is 6.79. The van der Waals surface area contributed by atoms with Crippen LogP contribution in [0.1, 0.15) is 38.2 Å². The lowest BCUT2D eigenvalue weighted by Crippen LogP contribution is -2.26. The van der Waals surface area contributed by atoms with Crippen molar-refractivity contribution in [1.29, 1.82) is 0 Å². The van der Waals surface area contributed by atoms with Gasteiger partial charge in [0, 0.05) is 18.2 Å². The van der Waals surface area contributed by atoms with Crippen LogP contribution in [0.5, 0.6) is 11.5 Å². The first-order valence-corrected chi connectivity index (χ1v) is 6.97. The Morgan fingerprint density at radius 2 is 2.22 bits per heavy atom. The lowest BCUT2D eigenvalue weighted by atomic mass is 10.1. The van der Waals surface area contributed by atoms with Crippen LogP contribution in [-0.4, -0.2) is 12.8 Å². The highest BCUT2D eigenvalue weighted by Gasteiger charge is 2.23. The summed E-state index contributed by atoms with van der Waals surface area (Å²) in [5.74, 6) is 2.73. The average Bonchev–Trinajstić information content (AvgIpc) is 3.05. The minimum Gasteiger partial charge on any atom is -0.454 e. The molecule has 1 saturated carbocycles. The maximum Gasteiger partial charge on any atom is 0.231 e. The summed E-state index contributed by atoms with van der Waals surface area (Å²) < 4.78 is 10.9. The van der Waals surface area contributed by atoms with E-state index in [1.165, 1.54) is 31.2 Å². The van der Waals surface area contributed by atoms with Crippen LogP contribution in [0.15, 0.2) is 18.2 Å². The smallest absolute Gasteiger partial charge is 0.231 e. The van der Waals surface area contributed by atoms with Gasteiger partial charge in [0.1, 0.15) is 0 Å². The maximum atomic E-state index is 5.52. The van der Waals surface area contributed by atoms with Crippen LogP contribution in [-0.2, 0) is 6.54 Å². The lowest BCUT2D eigenvalue weighted by molar-refractivity contribution is 0.173. The van der Waals surface area contributed by atoms with Crippen molar-refractivity contribution in [1.82, 2.24) is 5.32 Å². The second-order valence-electron chi connectivity index (χ2n) is 5.32. The Kier molecular flexibility index (Phi) is 3.41. The van der Waals surface area contributed by atoms with Crippen LogP contribution in [0.2, 0.25) is 0 Å². The first-order valence-electron chi connectivity index (χ1n) is 6.97. The lowest BCUT2D eigenvalue weighted by Gasteiger charge is -2.13. The number of rotatable bonds is 4. The van der Waals surface area contributed by atoms with Gasteiger partial charge in [0.2, 0.25) is 6.79 Å². The summed E-state index contributed by atoms with van der Waals surface area (Å²) >= 11 is 0. The van der Waals surface area contributed by atoms with Crippen LogP contribution >= 0.6 is 0 Å². The molecule has 1 N–H and O–H groups in total. The molecule has 18 heavy (non-hydrogen) atoms. The van der Waals surface area contributed by atoms with Crippen molar-refractivity contribution in [2.75, 3.05) is 6.79 Å². The van der Waals surface area contributed by atoms with Crippen molar-refractivity contribution in [3.8, 4) is 11.5 Å². The fourth-order valence-electron chi connectivity index (χ4n) is 3.02. The fraction of sp³-hybridized carbons (Fsp3) is 0.600. The van der Waals surface area contributed by atoms with E-state index in [9.17, 15) is 0 Å². The van der Waals surface area contributed by atoms with E-state index >= 15 is 0 Å². The van der Waals surface area contributed by atoms with Gasteiger partial charge in [0.15, 0.2) is 11.5 Å². The van der Waals surface area contributed by atoms with E-state index in [-0.39, 0.29) is 0 Å². The van der Waals surface area contributed by atoms with E-state index in [0.717, 1.165) is 24.0 Å². The highest BCUT2D eigenvalue weighted by molar-refractivity contribution is 5.48. The molecule has 1 heterocycles. The van der Waals surface area contributed by atoms with Crippen molar-refractivity contribution in [2.24, 2.45) is 5.92 Å². The van der Waals surface area contributed by atoms with Gasteiger partial charge in [-0.15, -0.1) is 0 Å². The summed E-state index contributed by atoms with van der Waals surface area (Å²) in [5, 5.41) is 3.66. The zero-order chi connectivity index (χ0) is 12.4. The number of nitrogens with one attached hydrogen (secondary N) is 1. The van der Waals surface area contributed by atoms with E-state index in [1.807, 2.05) is 12.1 Å². The van der Waals surface area contributed by atoms with E-state index in [0.29, 0.717) is 12.8 Å². The third-order valence-corrected chi connectivity index (χ3v) is 4.18. The Labute approximate surface area is 108 Å². The van der Waals surface area contributed by atoms with Gasteiger partial charge in [-0.2, -0.15) is 0 Å². The van der Waals surface area contributed by atoms with Crippen LogP contribution in [0.25, 0.3) is 0 Å². The molecule has 0 radical (unpaired) electrons. The molecule has 3 nitrogen and oxygen atoms in total. The summed E-state index contributed by atoms with van der Waals surface area (Å²) in [6.07, 6.45) is 5.32. The van der Waals surface area contributed by atoms with E-state index in [4.69, 9.17) is 9.47 Å². The standard InChI is InChI=1S/C15H21NO2/c1-2-11-6-7-13(8-11)16-9-12-4-3-5-14-15(12)18-10-17-14/h3-5,11,13,16H,2,6-10H2,1H3. The predicted molar refractivity (Wildman–Crippen MR) is 70.8 cm³/mol. The average molecular weight is 247 g/mol. The molecule has 0 spiro atoms. The second kappa shape index (κ2) is 5.19. The van der Waals surface area contributed by atoms with Gasteiger partial charge in [-0.1, -0.05) is 25.5 Å². The molecular weight excluding hydrogens is 226 g/mol. The van der Waals surface area contributed by atoms with Gasteiger partial charge >= 0.3 is 0 Å². The Morgan fingerprint density at radius 3 is 3.06 bits per heavy atom. The molecule has 0 amide bonds. The zero-order valence-corrected chi connectivity index (χ0v) is 10.9. The molecule has 2 atom stereocenters. The van der Waals surface area contributed by atoms with Gasteiger partial charge in [-0.05, 0) is 31.2 Å². The van der Waals surface area contributed by atoms with Crippen molar-refractivity contribution in [3.63, 3.8) is 0 Å². The van der Waals surface area contributed by atoms with Gasteiger partial charge in [0.25, 0.3) is 0 Å². The SMILES string of the molecule is CCC1CCC(NCc2cccc3c2OCO3)C1. The molecule has 2 aliphatic rings. The number of ether oxygens (including phenoxy) is 2. The first-order chi connectivity index (χ1) is 8.86. The Balaban J connectivity index is 1.59. The maximum absolute atomic E-state index is 5.52. The van der Waals surface area contributed by atoms with Gasteiger partial charge in [0.05, 0.1) is 0 Å². The highest BCUT2D eigenvalue weighted by atomic mass is 16.7. The Hall–Kier alpha value is -1.22. The quantitative estimate of drug-likeness (QED) is 0.887.